The maximum atomic E-state index is 14.7. The van der Waals surface area contributed by atoms with Crippen LogP contribution in [0.1, 0.15) is 5.56 Å². The number of hydrogen-bond acceptors (Lipinski definition) is 6. The Morgan fingerprint density at radius 2 is 1.93 bits per heavy atom. The Balaban J connectivity index is 1.70. The van der Waals surface area contributed by atoms with Gasteiger partial charge in [-0.2, -0.15) is 13.2 Å². The highest BCUT2D eigenvalue weighted by molar-refractivity contribution is 6.36. The second-order valence-electron chi connectivity index (χ2n) is 6.42. The van der Waals surface area contributed by atoms with Gasteiger partial charge in [0.1, 0.15) is 17.1 Å². The number of benzene rings is 1. The van der Waals surface area contributed by atoms with Gasteiger partial charge in [-0.1, -0.05) is 17.7 Å². The Bertz CT molecular complexity index is 1210. The molecule has 0 aliphatic carbocycles. The smallest absolute Gasteiger partial charge is 0.431 e. The summed E-state index contributed by atoms with van der Waals surface area (Å²) in [7, 11) is 0. The molecule has 1 aliphatic rings. The fourth-order valence-corrected chi connectivity index (χ4v) is 3.22. The molecule has 0 saturated carbocycles. The first-order valence-electron chi connectivity index (χ1n) is 8.37. The van der Waals surface area contributed by atoms with Crippen molar-refractivity contribution in [1.29, 1.82) is 0 Å². The van der Waals surface area contributed by atoms with Crippen LogP contribution in [0.3, 0.4) is 0 Å². The van der Waals surface area contributed by atoms with Gasteiger partial charge in [0, 0.05) is 18.0 Å². The van der Waals surface area contributed by atoms with Crippen LogP contribution in [0.5, 0.6) is 11.5 Å². The number of aliphatic imine (C=N–C) groups is 1. The molecule has 2 aromatic heterocycles. The van der Waals surface area contributed by atoms with E-state index in [1.165, 1.54) is 30.6 Å². The van der Waals surface area contributed by atoms with Crippen molar-refractivity contribution in [3.8, 4) is 11.5 Å². The van der Waals surface area contributed by atoms with Crippen molar-refractivity contribution in [2.24, 2.45) is 16.5 Å². The lowest BCUT2D eigenvalue weighted by Gasteiger charge is -2.29. The minimum Gasteiger partial charge on any atom is -0.453 e. The summed E-state index contributed by atoms with van der Waals surface area (Å²) in [4.78, 5) is 10.7. The van der Waals surface area contributed by atoms with E-state index in [1.807, 2.05) is 5.32 Å². The molecule has 7 nitrogen and oxygen atoms in total. The average molecular weight is 441 g/mol. The van der Waals surface area contributed by atoms with Crippen LogP contribution in [-0.2, 0) is 5.66 Å². The van der Waals surface area contributed by atoms with Gasteiger partial charge in [-0.05, 0) is 24.3 Å². The van der Waals surface area contributed by atoms with Crippen molar-refractivity contribution in [3.05, 3.63) is 64.8 Å². The highest BCUT2D eigenvalue weighted by Gasteiger charge is 2.41. The normalized spacial score (nSPS) is 19.3. The fraction of sp³-hybridized carbons (Fsp3) is 0.111. The number of halogens is 5. The molecule has 156 valence electrons. The summed E-state index contributed by atoms with van der Waals surface area (Å²) < 4.78 is 59.6. The zero-order valence-corrected chi connectivity index (χ0v) is 15.6. The molecule has 3 aromatic rings. The third-order valence-electron chi connectivity index (χ3n) is 4.34. The molecular weight excluding hydrogens is 428 g/mol. The lowest BCUT2D eigenvalue weighted by Crippen LogP contribution is -2.47. The summed E-state index contributed by atoms with van der Waals surface area (Å²) in [6, 6.07) is 4.94. The number of rotatable bonds is 3. The number of nitrogens with zero attached hydrogens (tertiary/aromatic N) is 2. The van der Waals surface area contributed by atoms with Gasteiger partial charge in [-0.3, -0.25) is 5.73 Å². The van der Waals surface area contributed by atoms with E-state index in [-0.39, 0.29) is 17.1 Å². The van der Waals surface area contributed by atoms with Crippen LogP contribution in [0.25, 0.3) is 11.0 Å². The predicted octanol–water partition coefficient (Wildman–Crippen LogP) is 3.62. The molecular formula is C18H13ClF4N6O. The number of H-pyrrole nitrogens is 1. The lowest BCUT2D eigenvalue weighted by atomic mass is 9.98. The van der Waals surface area contributed by atoms with Gasteiger partial charge in [-0.15, -0.1) is 0 Å². The number of allylic oxidation sites excluding steroid dienone is 1. The number of guanidine groups is 1. The molecule has 4 rings (SSSR count). The molecule has 0 spiro atoms. The van der Waals surface area contributed by atoms with E-state index >= 15 is 0 Å². The summed E-state index contributed by atoms with van der Waals surface area (Å²) in [6.45, 7) is 0. The Labute approximate surface area is 171 Å². The van der Waals surface area contributed by atoms with Crippen LogP contribution in [0.2, 0.25) is 5.02 Å². The van der Waals surface area contributed by atoms with Crippen LogP contribution < -0.4 is 21.5 Å². The number of pyridine rings is 1. The van der Waals surface area contributed by atoms with Gasteiger partial charge >= 0.3 is 6.18 Å². The van der Waals surface area contributed by atoms with E-state index in [0.717, 1.165) is 6.07 Å². The third-order valence-corrected chi connectivity index (χ3v) is 4.64. The van der Waals surface area contributed by atoms with Crippen LogP contribution >= 0.6 is 11.6 Å². The molecule has 0 fully saturated rings. The fourth-order valence-electron chi connectivity index (χ4n) is 2.98. The van der Waals surface area contributed by atoms with Gasteiger partial charge in [-0.25, -0.2) is 14.4 Å². The number of aromatic amines is 1. The summed E-state index contributed by atoms with van der Waals surface area (Å²) >= 11 is 6.10. The standard InChI is InChI=1S/C18H13ClF4N6O/c19-9-7-27-15-14(9)12(3-4-26-15)30-11-2-1-8(5-10(11)20)17(25)6-13(18(21,22)23)28-16(24)29-17/h1-7H,25H2,(H,26,27)(H3,24,28,29). The van der Waals surface area contributed by atoms with E-state index in [9.17, 15) is 17.6 Å². The zero-order chi connectivity index (χ0) is 21.7. The third kappa shape index (κ3) is 3.53. The summed E-state index contributed by atoms with van der Waals surface area (Å²) in [5.41, 5.74) is 8.60. The molecule has 30 heavy (non-hydrogen) atoms. The van der Waals surface area contributed by atoms with Gasteiger partial charge in [0.2, 0.25) is 0 Å². The number of aromatic nitrogens is 2. The molecule has 0 radical (unpaired) electrons. The lowest BCUT2D eigenvalue weighted by molar-refractivity contribution is -0.0959. The minimum atomic E-state index is -4.74. The first-order valence-corrected chi connectivity index (χ1v) is 8.75. The van der Waals surface area contributed by atoms with Crippen molar-refractivity contribution in [3.63, 3.8) is 0 Å². The van der Waals surface area contributed by atoms with Crippen molar-refractivity contribution in [2.45, 2.75) is 11.8 Å². The first kappa shape index (κ1) is 20.0. The topological polar surface area (TPSA) is 114 Å². The van der Waals surface area contributed by atoms with Crippen LogP contribution in [-0.4, -0.2) is 22.1 Å². The monoisotopic (exact) mass is 440 g/mol. The molecule has 0 saturated heterocycles. The van der Waals surface area contributed by atoms with Gasteiger partial charge in [0.25, 0.3) is 0 Å². The Kier molecular flexibility index (Phi) is 4.59. The number of fused-ring (bicyclic) bond motifs is 1. The van der Waals surface area contributed by atoms with Crippen molar-refractivity contribution in [2.75, 3.05) is 0 Å². The summed E-state index contributed by atoms with van der Waals surface area (Å²) in [6.07, 6.45) is -1.16. The highest BCUT2D eigenvalue weighted by atomic mass is 35.5. The second kappa shape index (κ2) is 6.89. The molecule has 1 aliphatic heterocycles. The van der Waals surface area contributed by atoms with Gasteiger partial charge < -0.3 is 20.8 Å². The zero-order valence-electron chi connectivity index (χ0n) is 14.9. The van der Waals surface area contributed by atoms with Crippen molar-refractivity contribution in [1.82, 2.24) is 15.3 Å². The Morgan fingerprint density at radius 3 is 2.63 bits per heavy atom. The molecule has 0 amide bonds. The maximum Gasteiger partial charge on any atom is 0.431 e. The van der Waals surface area contributed by atoms with Crippen molar-refractivity contribution >= 4 is 28.6 Å². The number of hydrogen-bond donors (Lipinski definition) is 4. The molecule has 3 heterocycles. The highest BCUT2D eigenvalue weighted by Crippen LogP contribution is 2.37. The van der Waals surface area contributed by atoms with E-state index in [4.69, 9.17) is 27.8 Å². The molecule has 1 atom stereocenters. The van der Waals surface area contributed by atoms with Crippen LogP contribution in [0, 0.1) is 5.82 Å². The van der Waals surface area contributed by atoms with E-state index in [1.54, 1.807) is 0 Å². The van der Waals surface area contributed by atoms with Crippen LogP contribution in [0.4, 0.5) is 17.6 Å². The number of ether oxygens (including phenoxy) is 1. The van der Waals surface area contributed by atoms with E-state index < -0.39 is 29.3 Å². The number of alkyl halides is 3. The molecule has 0 bridgehead atoms. The second-order valence-corrected chi connectivity index (χ2v) is 6.83. The molecule has 6 N–H and O–H groups in total. The molecule has 1 aromatic carbocycles. The number of nitrogens with two attached hydrogens (primary N) is 2. The van der Waals surface area contributed by atoms with Gasteiger partial charge in [0.05, 0.1) is 10.4 Å². The summed E-state index contributed by atoms with van der Waals surface area (Å²) in [5.74, 6) is -1.38. The molecule has 12 heteroatoms. The Morgan fingerprint density at radius 1 is 1.17 bits per heavy atom. The molecule has 1 unspecified atom stereocenters. The first-order chi connectivity index (χ1) is 14.1. The largest absolute Gasteiger partial charge is 0.453 e. The Hall–Kier alpha value is -3.31. The van der Waals surface area contributed by atoms with Crippen LogP contribution in [0.15, 0.2) is 53.4 Å². The SMILES string of the molecule is NC1=NC(N)(c2ccc(Oc3ccnc4[nH]cc(Cl)c34)c(F)c2)C=C(C(F)(F)F)N1. The maximum absolute atomic E-state index is 14.7. The minimum absolute atomic E-state index is 0.0573. The summed E-state index contributed by atoms with van der Waals surface area (Å²) in [5, 5.41) is 2.68. The van der Waals surface area contributed by atoms with Gasteiger partial charge in [0.15, 0.2) is 23.2 Å². The quantitative estimate of drug-likeness (QED) is 0.464. The predicted molar refractivity (Wildman–Crippen MR) is 102 cm³/mol. The number of nitrogens with one attached hydrogen (secondary N) is 2. The average Bonchev–Trinajstić information content (AvgIpc) is 3.04. The van der Waals surface area contributed by atoms with Crippen molar-refractivity contribution < 1.29 is 22.3 Å². The van der Waals surface area contributed by atoms with E-state index in [0.29, 0.717) is 22.1 Å². The van der Waals surface area contributed by atoms with E-state index in [2.05, 4.69) is 15.0 Å².